The average Bonchev–Trinajstić information content (AvgIpc) is 2.84. The first kappa shape index (κ1) is 22.8. The summed E-state index contributed by atoms with van der Waals surface area (Å²) in [7, 11) is 1.59. The van der Waals surface area contributed by atoms with Gasteiger partial charge in [0.25, 0.3) is 11.5 Å². The molecule has 4 aromatic rings. The van der Waals surface area contributed by atoms with Crippen LogP contribution in [0.3, 0.4) is 0 Å². The van der Waals surface area contributed by atoms with E-state index in [1.165, 1.54) is 22.5 Å². The topological polar surface area (TPSA) is 85.6 Å². The van der Waals surface area contributed by atoms with Gasteiger partial charge in [0, 0.05) is 4.47 Å². The number of fused-ring (bicyclic) bond motifs is 1. The Morgan fingerprint density at radius 2 is 1.94 bits per heavy atom. The zero-order valence-corrected chi connectivity index (χ0v) is 20.0. The van der Waals surface area contributed by atoms with Crippen molar-refractivity contribution in [1.29, 1.82) is 0 Å². The van der Waals surface area contributed by atoms with Crippen molar-refractivity contribution < 1.29 is 9.53 Å². The molecule has 33 heavy (non-hydrogen) atoms. The minimum absolute atomic E-state index is 0.0385. The van der Waals surface area contributed by atoms with E-state index in [9.17, 15) is 9.59 Å². The number of para-hydroxylation sites is 1. The SMILES string of the molecule is COc1cccc(/C=N\NC(=O)CSc2nc3ccccc3c(=O)n2-c2ccc(Br)cc2)c1. The molecule has 0 saturated heterocycles. The van der Waals surface area contributed by atoms with Gasteiger partial charge in [-0.15, -0.1) is 0 Å². The maximum absolute atomic E-state index is 13.2. The van der Waals surface area contributed by atoms with Crippen LogP contribution in [0.4, 0.5) is 0 Å². The van der Waals surface area contributed by atoms with Crippen LogP contribution >= 0.6 is 27.7 Å². The monoisotopic (exact) mass is 522 g/mol. The van der Waals surface area contributed by atoms with Crippen molar-refractivity contribution in [3.8, 4) is 11.4 Å². The van der Waals surface area contributed by atoms with Gasteiger partial charge in [0.2, 0.25) is 0 Å². The lowest BCUT2D eigenvalue weighted by Crippen LogP contribution is -2.24. The summed E-state index contributed by atoms with van der Waals surface area (Å²) in [6, 6.07) is 21.8. The number of amides is 1. The number of hydrogen-bond acceptors (Lipinski definition) is 6. The van der Waals surface area contributed by atoms with Crippen LogP contribution in [0.25, 0.3) is 16.6 Å². The number of carbonyl (C=O) groups is 1. The molecule has 1 aromatic heterocycles. The van der Waals surface area contributed by atoms with Gasteiger partial charge in [0.05, 0.1) is 35.7 Å². The average molecular weight is 523 g/mol. The van der Waals surface area contributed by atoms with Crippen molar-refractivity contribution >= 4 is 50.7 Å². The van der Waals surface area contributed by atoms with E-state index in [2.05, 4.69) is 31.4 Å². The second-order valence-corrected chi connectivity index (χ2v) is 8.75. The zero-order valence-electron chi connectivity index (χ0n) is 17.6. The molecule has 0 aliphatic heterocycles. The Morgan fingerprint density at radius 3 is 2.73 bits per heavy atom. The molecule has 3 aromatic carbocycles. The predicted molar refractivity (Wildman–Crippen MR) is 134 cm³/mol. The Morgan fingerprint density at radius 1 is 1.15 bits per heavy atom. The van der Waals surface area contributed by atoms with E-state index < -0.39 is 0 Å². The number of aromatic nitrogens is 2. The third kappa shape index (κ3) is 5.50. The van der Waals surface area contributed by atoms with E-state index in [1.54, 1.807) is 31.4 Å². The second kappa shape index (κ2) is 10.5. The number of thioether (sulfide) groups is 1. The van der Waals surface area contributed by atoms with Gasteiger partial charge in [0.15, 0.2) is 5.16 Å². The van der Waals surface area contributed by atoms with Crippen LogP contribution in [-0.2, 0) is 4.79 Å². The number of hydrazone groups is 1. The molecule has 1 heterocycles. The van der Waals surface area contributed by atoms with E-state index in [4.69, 9.17) is 4.74 Å². The van der Waals surface area contributed by atoms with Crippen LogP contribution in [0.1, 0.15) is 5.56 Å². The van der Waals surface area contributed by atoms with Crippen LogP contribution in [0, 0.1) is 0 Å². The van der Waals surface area contributed by atoms with E-state index in [0.29, 0.717) is 27.5 Å². The summed E-state index contributed by atoms with van der Waals surface area (Å²) in [4.78, 5) is 30.2. The molecule has 0 saturated carbocycles. The second-order valence-electron chi connectivity index (χ2n) is 6.89. The summed E-state index contributed by atoms with van der Waals surface area (Å²) in [6.45, 7) is 0. The number of benzene rings is 3. The third-order valence-electron chi connectivity index (χ3n) is 4.66. The molecule has 4 rings (SSSR count). The van der Waals surface area contributed by atoms with Crippen LogP contribution in [0.5, 0.6) is 5.75 Å². The number of nitrogens with one attached hydrogen (secondary N) is 1. The first-order chi connectivity index (χ1) is 16.0. The maximum atomic E-state index is 13.2. The van der Waals surface area contributed by atoms with Gasteiger partial charge in [-0.05, 0) is 54.1 Å². The van der Waals surface area contributed by atoms with E-state index in [-0.39, 0.29) is 17.2 Å². The first-order valence-electron chi connectivity index (χ1n) is 9.91. The lowest BCUT2D eigenvalue weighted by atomic mass is 10.2. The molecular formula is C24H19BrN4O3S. The molecule has 0 radical (unpaired) electrons. The van der Waals surface area contributed by atoms with Crippen molar-refractivity contribution in [3.63, 3.8) is 0 Å². The van der Waals surface area contributed by atoms with E-state index in [1.807, 2.05) is 48.5 Å². The van der Waals surface area contributed by atoms with Crippen molar-refractivity contribution in [2.24, 2.45) is 5.10 Å². The number of carbonyl (C=O) groups excluding carboxylic acids is 1. The van der Waals surface area contributed by atoms with Crippen molar-refractivity contribution in [1.82, 2.24) is 15.0 Å². The summed E-state index contributed by atoms with van der Waals surface area (Å²) in [6.07, 6.45) is 1.54. The fourth-order valence-corrected chi connectivity index (χ4v) is 4.16. The van der Waals surface area contributed by atoms with Gasteiger partial charge in [-0.3, -0.25) is 14.2 Å². The van der Waals surface area contributed by atoms with Crippen LogP contribution < -0.4 is 15.7 Å². The molecule has 166 valence electrons. The van der Waals surface area contributed by atoms with Gasteiger partial charge in [-0.25, -0.2) is 10.4 Å². The predicted octanol–water partition coefficient (Wildman–Crippen LogP) is 4.40. The Balaban J connectivity index is 1.54. The van der Waals surface area contributed by atoms with Gasteiger partial charge < -0.3 is 4.74 Å². The molecule has 1 amide bonds. The number of ether oxygens (including phenoxy) is 1. The molecule has 7 nitrogen and oxygen atoms in total. The normalized spacial score (nSPS) is 11.1. The minimum atomic E-state index is -0.316. The van der Waals surface area contributed by atoms with Crippen molar-refractivity contribution in [2.45, 2.75) is 5.16 Å². The Bertz CT molecular complexity index is 1390. The summed E-state index contributed by atoms with van der Waals surface area (Å²) in [5.74, 6) is 0.426. The van der Waals surface area contributed by atoms with Gasteiger partial charge in [0.1, 0.15) is 5.75 Å². The summed E-state index contributed by atoms with van der Waals surface area (Å²) < 4.78 is 7.59. The molecule has 0 spiro atoms. The van der Waals surface area contributed by atoms with Crippen LogP contribution in [0.15, 0.2) is 92.3 Å². The highest BCUT2D eigenvalue weighted by Crippen LogP contribution is 2.22. The molecule has 0 unspecified atom stereocenters. The lowest BCUT2D eigenvalue weighted by molar-refractivity contribution is -0.118. The lowest BCUT2D eigenvalue weighted by Gasteiger charge is -2.13. The summed E-state index contributed by atoms with van der Waals surface area (Å²) in [5.41, 5.74) is 4.35. The fraction of sp³-hybridized carbons (Fsp3) is 0.0833. The number of hydrogen-bond donors (Lipinski definition) is 1. The highest BCUT2D eigenvalue weighted by molar-refractivity contribution is 9.10. The number of nitrogens with zero attached hydrogens (tertiary/aromatic N) is 3. The number of methoxy groups -OCH3 is 1. The zero-order chi connectivity index (χ0) is 23.2. The molecule has 0 atom stereocenters. The first-order valence-corrected chi connectivity index (χ1v) is 11.7. The van der Waals surface area contributed by atoms with E-state index >= 15 is 0 Å². The maximum Gasteiger partial charge on any atom is 0.266 e. The quantitative estimate of drug-likeness (QED) is 0.168. The van der Waals surface area contributed by atoms with Crippen molar-refractivity contribution in [3.05, 3.63) is 93.2 Å². The number of halogens is 1. The summed E-state index contributed by atoms with van der Waals surface area (Å²) >= 11 is 4.58. The van der Waals surface area contributed by atoms with Crippen LogP contribution in [0.2, 0.25) is 0 Å². The van der Waals surface area contributed by atoms with Crippen molar-refractivity contribution in [2.75, 3.05) is 12.9 Å². The van der Waals surface area contributed by atoms with Crippen LogP contribution in [-0.4, -0.2) is 34.5 Å². The van der Waals surface area contributed by atoms with Gasteiger partial charge in [-0.1, -0.05) is 52.0 Å². The number of rotatable bonds is 7. The molecule has 0 aliphatic rings. The Kier molecular flexibility index (Phi) is 7.21. The standard InChI is InChI=1S/C24H19BrN4O3S/c1-32-19-6-4-5-16(13-19)14-26-28-22(30)15-33-24-27-21-8-3-2-7-20(21)23(31)29(24)18-11-9-17(25)10-12-18/h2-14H,15H2,1H3,(H,28,30)/b26-14-. The fourth-order valence-electron chi connectivity index (χ4n) is 3.09. The Hall–Kier alpha value is -3.43. The molecule has 0 aliphatic carbocycles. The molecule has 9 heteroatoms. The minimum Gasteiger partial charge on any atom is -0.497 e. The van der Waals surface area contributed by atoms with Gasteiger partial charge in [-0.2, -0.15) is 5.10 Å². The summed E-state index contributed by atoms with van der Waals surface area (Å²) in [5, 5.41) is 4.93. The molecular weight excluding hydrogens is 504 g/mol. The van der Waals surface area contributed by atoms with Gasteiger partial charge >= 0.3 is 0 Å². The largest absolute Gasteiger partial charge is 0.497 e. The third-order valence-corrected chi connectivity index (χ3v) is 6.13. The molecule has 0 bridgehead atoms. The highest BCUT2D eigenvalue weighted by Gasteiger charge is 2.14. The molecule has 1 N–H and O–H groups in total. The smallest absolute Gasteiger partial charge is 0.266 e. The Labute approximate surface area is 202 Å². The highest BCUT2D eigenvalue weighted by atomic mass is 79.9. The molecule has 0 fully saturated rings. The van der Waals surface area contributed by atoms with E-state index in [0.717, 1.165) is 10.0 Å².